The minimum atomic E-state index is 0.473. The second kappa shape index (κ2) is 4.74. The molecule has 1 N–H and O–H groups in total. The summed E-state index contributed by atoms with van der Waals surface area (Å²) in [6.45, 7) is 0. The average molecular weight is 226 g/mol. The van der Waals surface area contributed by atoms with E-state index in [2.05, 4.69) is 46.7 Å². The Labute approximate surface area is 102 Å². The molecule has 0 amide bonds. The van der Waals surface area contributed by atoms with Crippen LogP contribution in [0.3, 0.4) is 0 Å². The molecule has 0 radical (unpaired) electrons. The molecule has 0 spiro atoms. The quantitative estimate of drug-likeness (QED) is 0.782. The van der Waals surface area contributed by atoms with E-state index in [4.69, 9.17) is 0 Å². The van der Waals surface area contributed by atoms with Crippen LogP contribution >= 0.6 is 0 Å². The Morgan fingerprint density at radius 1 is 1.06 bits per heavy atom. The van der Waals surface area contributed by atoms with Gasteiger partial charge in [-0.2, -0.15) is 0 Å². The van der Waals surface area contributed by atoms with Crippen molar-refractivity contribution in [3.8, 4) is 0 Å². The van der Waals surface area contributed by atoms with Crippen molar-refractivity contribution in [1.82, 2.24) is 5.32 Å². The largest absolute Gasteiger partial charge is 0.380 e. The molecule has 1 aliphatic carbocycles. The Morgan fingerprint density at radius 3 is 2.76 bits per heavy atom. The summed E-state index contributed by atoms with van der Waals surface area (Å²) < 4.78 is 0. The molecule has 1 aliphatic heterocycles. The number of allylic oxidation sites excluding steroid dienone is 1. The number of benzene rings is 1. The summed E-state index contributed by atoms with van der Waals surface area (Å²) in [6.07, 6.45) is 9.20. The highest BCUT2D eigenvalue weighted by atomic mass is 15.0. The van der Waals surface area contributed by atoms with E-state index in [0.717, 1.165) is 0 Å². The maximum Gasteiger partial charge on any atom is 0.0700 e. The normalized spacial score (nSPS) is 27.6. The van der Waals surface area contributed by atoms with E-state index in [9.17, 15) is 0 Å². The summed E-state index contributed by atoms with van der Waals surface area (Å²) >= 11 is 0. The first-order chi connectivity index (χ1) is 8.43. The minimum Gasteiger partial charge on any atom is -0.380 e. The number of rotatable bonds is 1. The van der Waals surface area contributed by atoms with Crippen LogP contribution in [0.25, 0.3) is 5.70 Å². The molecule has 2 atom stereocenters. The summed E-state index contributed by atoms with van der Waals surface area (Å²) in [5.74, 6) is 0. The van der Waals surface area contributed by atoms with Gasteiger partial charge < -0.3 is 5.32 Å². The maximum absolute atomic E-state index is 4.66. The predicted octanol–water partition coefficient (Wildman–Crippen LogP) is 3.01. The van der Waals surface area contributed by atoms with Gasteiger partial charge in [-0.1, -0.05) is 43.2 Å². The van der Waals surface area contributed by atoms with E-state index in [-0.39, 0.29) is 0 Å². The van der Waals surface area contributed by atoms with Crippen molar-refractivity contribution in [2.75, 3.05) is 0 Å². The molecule has 1 aromatic carbocycles. The molecule has 1 aromatic rings. The third-order valence-electron chi connectivity index (χ3n) is 3.67. The van der Waals surface area contributed by atoms with Gasteiger partial charge in [0.15, 0.2) is 0 Å². The van der Waals surface area contributed by atoms with Crippen molar-refractivity contribution in [1.29, 1.82) is 0 Å². The van der Waals surface area contributed by atoms with Crippen LogP contribution in [-0.4, -0.2) is 18.3 Å². The van der Waals surface area contributed by atoms with Gasteiger partial charge in [-0.05, 0) is 24.5 Å². The zero-order valence-corrected chi connectivity index (χ0v) is 9.97. The van der Waals surface area contributed by atoms with Crippen molar-refractivity contribution in [3.05, 3.63) is 42.0 Å². The van der Waals surface area contributed by atoms with E-state index >= 15 is 0 Å². The van der Waals surface area contributed by atoms with E-state index in [1.54, 1.807) is 0 Å². The van der Waals surface area contributed by atoms with Crippen molar-refractivity contribution in [3.63, 3.8) is 0 Å². The molecular formula is C15H18N2. The lowest BCUT2D eigenvalue weighted by Gasteiger charge is -2.29. The molecule has 0 saturated heterocycles. The Hall–Kier alpha value is -1.57. The average Bonchev–Trinajstić information content (AvgIpc) is 2.62. The molecule has 2 nitrogen and oxygen atoms in total. The van der Waals surface area contributed by atoms with Crippen LogP contribution in [0.2, 0.25) is 0 Å². The highest BCUT2D eigenvalue weighted by Crippen LogP contribution is 2.25. The summed E-state index contributed by atoms with van der Waals surface area (Å²) in [6, 6.07) is 11.5. The fourth-order valence-corrected chi connectivity index (χ4v) is 2.73. The monoisotopic (exact) mass is 226 g/mol. The van der Waals surface area contributed by atoms with Crippen molar-refractivity contribution >= 4 is 11.9 Å². The van der Waals surface area contributed by atoms with Crippen LogP contribution in [0.4, 0.5) is 0 Å². The van der Waals surface area contributed by atoms with Gasteiger partial charge in [-0.3, -0.25) is 4.99 Å². The summed E-state index contributed by atoms with van der Waals surface area (Å²) in [5, 5.41) is 3.67. The molecule has 0 bridgehead atoms. The molecule has 2 unspecified atom stereocenters. The van der Waals surface area contributed by atoms with Gasteiger partial charge in [0.05, 0.1) is 6.04 Å². The van der Waals surface area contributed by atoms with Crippen LogP contribution in [0.1, 0.15) is 31.2 Å². The molecule has 17 heavy (non-hydrogen) atoms. The number of nitrogens with one attached hydrogen (secondary N) is 1. The zero-order chi connectivity index (χ0) is 11.5. The zero-order valence-electron chi connectivity index (χ0n) is 9.97. The fourth-order valence-electron chi connectivity index (χ4n) is 2.73. The summed E-state index contributed by atoms with van der Waals surface area (Å²) in [4.78, 5) is 4.66. The lowest BCUT2D eigenvalue weighted by atomic mass is 9.90. The second-order valence-corrected chi connectivity index (χ2v) is 4.85. The SMILES string of the molecule is C1=NC2CCCCC2NC(c2ccccc2)=C1. The molecule has 1 fully saturated rings. The Kier molecular flexibility index (Phi) is 2.95. The third kappa shape index (κ3) is 2.26. The van der Waals surface area contributed by atoms with Gasteiger partial charge in [0, 0.05) is 18.0 Å². The van der Waals surface area contributed by atoms with Gasteiger partial charge >= 0.3 is 0 Å². The van der Waals surface area contributed by atoms with E-state index in [1.165, 1.54) is 36.9 Å². The fraction of sp³-hybridized carbons (Fsp3) is 0.400. The van der Waals surface area contributed by atoms with Crippen LogP contribution < -0.4 is 5.32 Å². The van der Waals surface area contributed by atoms with E-state index in [1.807, 2.05) is 6.21 Å². The topological polar surface area (TPSA) is 24.4 Å². The highest BCUT2D eigenvalue weighted by molar-refractivity contribution is 5.84. The number of aliphatic imine (C=N–C) groups is 1. The third-order valence-corrected chi connectivity index (χ3v) is 3.67. The lowest BCUT2D eigenvalue weighted by molar-refractivity contribution is 0.361. The van der Waals surface area contributed by atoms with Crippen molar-refractivity contribution in [2.45, 2.75) is 37.8 Å². The smallest absolute Gasteiger partial charge is 0.0700 e. The van der Waals surface area contributed by atoms with Gasteiger partial charge in [0.25, 0.3) is 0 Å². The first kappa shape index (κ1) is 10.6. The summed E-state index contributed by atoms with van der Waals surface area (Å²) in [7, 11) is 0. The first-order valence-corrected chi connectivity index (χ1v) is 6.49. The maximum atomic E-state index is 4.66. The van der Waals surface area contributed by atoms with Gasteiger partial charge in [0.2, 0.25) is 0 Å². The highest BCUT2D eigenvalue weighted by Gasteiger charge is 2.25. The number of nitrogens with zero attached hydrogens (tertiary/aromatic N) is 1. The van der Waals surface area contributed by atoms with Crippen LogP contribution in [-0.2, 0) is 0 Å². The minimum absolute atomic E-state index is 0.473. The van der Waals surface area contributed by atoms with Crippen LogP contribution in [0.15, 0.2) is 41.4 Å². The number of hydrogen-bond donors (Lipinski definition) is 1. The lowest BCUT2D eigenvalue weighted by Crippen LogP contribution is -2.39. The van der Waals surface area contributed by atoms with Gasteiger partial charge in [-0.25, -0.2) is 0 Å². The Bertz CT molecular complexity index is 433. The molecule has 1 saturated carbocycles. The summed E-state index contributed by atoms with van der Waals surface area (Å²) in [5.41, 5.74) is 2.47. The molecule has 2 heteroatoms. The standard InChI is InChI=1S/C15H18N2/c1-2-6-12(7-3-1)13-10-11-16-14-8-4-5-9-15(14)17-13/h1-3,6-7,10-11,14-15,17H,4-5,8-9H2. The first-order valence-electron chi connectivity index (χ1n) is 6.49. The molecular weight excluding hydrogens is 208 g/mol. The number of hydrogen-bond acceptors (Lipinski definition) is 2. The molecule has 88 valence electrons. The van der Waals surface area contributed by atoms with Gasteiger partial charge in [-0.15, -0.1) is 0 Å². The van der Waals surface area contributed by atoms with Crippen molar-refractivity contribution < 1.29 is 0 Å². The van der Waals surface area contributed by atoms with Crippen LogP contribution in [0, 0.1) is 0 Å². The predicted molar refractivity (Wildman–Crippen MR) is 72.1 cm³/mol. The Balaban J connectivity index is 1.84. The molecule has 2 aliphatic rings. The molecule has 1 heterocycles. The second-order valence-electron chi connectivity index (χ2n) is 4.85. The van der Waals surface area contributed by atoms with Crippen molar-refractivity contribution in [2.24, 2.45) is 4.99 Å². The Morgan fingerprint density at radius 2 is 1.88 bits per heavy atom. The van der Waals surface area contributed by atoms with Gasteiger partial charge in [0.1, 0.15) is 0 Å². The molecule has 0 aromatic heterocycles. The number of fused-ring (bicyclic) bond motifs is 1. The molecule has 3 rings (SSSR count). The van der Waals surface area contributed by atoms with E-state index < -0.39 is 0 Å². The van der Waals surface area contributed by atoms with Crippen LogP contribution in [0.5, 0.6) is 0 Å². The van der Waals surface area contributed by atoms with E-state index in [0.29, 0.717) is 12.1 Å².